The molecule has 1 amide bonds. The number of aliphatic imine (C=N–C) groups is 1. The van der Waals surface area contributed by atoms with E-state index in [1.807, 2.05) is 48.5 Å². The SMILES string of the molecule is COc1ccccc1NC1=[NH+][C@@]2(N=C(N)N1)C(=O)Nc1ccccc12. The van der Waals surface area contributed by atoms with E-state index < -0.39 is 5.66 Å². The third-order valence-corrected chi connectivity index (χ3v) is 4.11. The molecule has 0 aliphatic carbocycles. The van der Waals surface area contributed by atoms with Crippen LogP contribution >= 0.6 is 0 Å². The summed E-state index contributed by atoms with van der Waals surface area (Å²) in [6, 6.07) is 14.8. The van der Waals surface area contributed by atoms with E-state index in [0.717, 1.165) is 5.69 Å². The highest BCUT2D eigenvalue weighted by Gasteiger charge is 2.51. The third-order valence-electron chi connectivity index (χ3n) is 4.11. The first-order valence-electron chi connectivity index (χ1n) is 7.71. The van der Waals surface area contributed by atoms with Crippen molar-refractivity contribution in [1.82, 2.24) is 5.32 Å². The summed E-state index contributed by atoms with van der Waals surface area (Å²) in [5.41, 5.74) is 6.78. The summed E-state index contributed by atoms with van der Waals surface area (Å²) < 4.78 is 5.34. The standard InChI is InChI=1S/C17H16N6O2/c1-25-13-9-5-4-8-12(13)20-16-21-15(18)22-17(23-16)10-6-2-3-7-11(10)19-14(17)24/h2-9H,1H3,(H,19,24)(H4,18,20,21,22,23)/p+1/t17-/m1/s1. The van der Waals surface area contributed by atoms with Crippen LogP contribution in [-0.4, -0.2) is 24.9 Å². The van der Waals surface area contributed by atoms with E-state index in [1.165, 1.54) is 0 Å². The lowest BCUT2D eigenvalue weighted by molar-refractivity contribution is -0.544. The normalized spacial score (nSPS) is 20.9. The molecule has 1 spiro atoms. The van der Waals surface area contributed by atoms with E-state index in [-0.39, 0.29) is 11.9 Å². The van der Waals surface area contributed by atoms with Gasteiger partial charge >= 0.3 is 5.96 Å². The van der Waals surface area contributed by atoms with Crippen LogP contribution in [0.2, 0.25) is 0 Å². The number of hydrogen-bond donors (Lipinski definition) is 5. The molecule has 0 saturated carbocycles. The Kier molecular flexibility index (Phi) is 3.31. The predicted molar refractivity (Wildman–Crippen MR) is 94.1 cm³/mol. The van der Waals surface area contributed by atoms with Crippen LogP contribution in [0.5, 0.6) is 5.75 Å². The molecule has 0 unspecified atom stereocenters. The van der Waals surface area contributed by atoms with Crippen LogP contribution in [0.3, 0.4) is 0 Å². The van der Waals surface area contributed by atoms with Gasteiger partial charge in [-0.15, -0.1) is 0 Å². The second-order valence-electron chi connectivity index (χ2n) is 5.66. The lowest BCUT2D eigenvalue weighted by Gasteiger charge is -2.22. The fraction of sp³-hybridized carbons (Fsp3) is 0.118. The number of rotatable bonds is 2. The topological polar surface area (TPSA) is 115 Å². The Balaban J connectivity index is 1.77. The smallest absolute Gasteiger partial charge is 0.358 e. The maximum absolute atomic E-state index is 12.6. The number of anilines is 2. The molecule has 8 nitrogen and oxygen atoms in total. The van der Waals surface area contributed by atoms with Crippen molar-refractivity contribution < 1.29 is 14.5 Å². The average Bonchev–Trinajstić information content (AvgIpc) is 2.86. The summed E-state index contributed by atoms with van der Waals surface area (Å²) in [6.07, 6.45) is 0. The Morgan fingerprint density at radius 2 is 1.92 bits per heavy atom. The number of para-hydroxylation sites is 3. The van der Waals surface area contributed by atoms with Crippen molar-refractivity contribution in [3.8, 4) is 5.75 Å². The van der Waals surface area contributed by atoms with E-state index in [2.05, 4.69) is 25.9 Å². The Morgan fingerprint density at radius 3 is 2.76 bits per heavy atom. The summed E-state index contributed by atoms with van der Waals surface area (Å²) >= 11 is 0. The van der Waals surface area contributed by atoms with Gasteiger partial charge in [-0.1, -0.05) is 30.3 Å². The number of nitrogens with two attached hydrogens (primary N) is 1. The molecule has 0 saturated heterocycles. The maximum atomic E-state index is 12.6. The van der Waals surface area contributed by atoms with Crippen LogP contribution < -0.4 is 31.4 Å². The van der Waals surface area contributed by atoms with Crippen molar-refractivity contribution >= 4 is 29.2 Å². The van der Waals surface area contributed by atoms with Crippen molar-refractivity contribution in [2.45, 2.75) is 5.66 Å². The quantitative estimate of drug-likeness (QED) is 0.495. The van der Waals surface area contributed by atoms with Crippen LogP contribution in [0.25, 0.3) is 0 Å². The molecule has 126 valence electrons. The molecule has 0 fully saturated rings. The molecule has 25 heavy (non-hydrogen) atoms. The maximum Gasteiger partial charge on any atom is 0.358 e. The summed E-state index contributed by atoms with van der Waals surface area (Å²) in [4.78, 5) is 20.1. The predicted octanol–water partition coefficient (Wildman–Crippen LogP) is -0.733. The van der Waals surface area contributed by atoms with E-state index in [0.29, 0.717) is 23.0 Å². The molecular formula is C17H17N6O2+. The van der Waals surface area contributed by atoms with Crippen LogP contribution in [0.15, 0.2) is 53.5 Å². The number of ether oxygens (including phenoxy) is 1. The number of hydrogen-bond acceptors (Lipinski definition) is 6. The van der Waals surface area contributed by atoms with Gasteiger partial charge in [-0.25, -0.2) is 15.6 Å². The van der Waals surface area contributed by atoms with Gasteiger partial charge in [0.2, 0.25) is 0 Å². The molecule has 0 bridgehead atoms. The van der Waals surface area contributed by atoms with E-state index in [9.17, 15) is 4.79 Å². The summed E-state index contributed by atoms with van der Waals surface area (Å²) in [6.45, 7) is 0. The molecule has 2 aromatic carbocycles. The van der Waals surface area contributed by atoms with Gasteiger partial charge < -0.3 is 15.8 Å². The lowest BCUT2D eigenvalue weighted by atomic mass is 10.0. The van der Waals surface area contributed by atoms with Gasteiger partial charge in [-0.05, 0) is 18.2 Å². The van der Waals surface area contributed by atoms with Gasteiger partial charge in [0.25, 0.3) is 17.5 Å². The van der Waals surface area contributed by atoms with Gasteiger partial charge in [-0.2, -0.15) is 4.99 Å². The van der Waals surface area contributed by atoms with Crippen molar-refractivity contribution in [2.24, 2.45) is 10.7 Å². The van der Waals surface area contributed by atoms with Gasteiger partial charge in [0.05, 0.1) is 12.8 Å². The molecule has 2 heterocycles. The van der Waals surface area contributed by atoms with Crippen LogP contribution in [0.4, 0.5) is 11.4 Å². The minimum Gasteiger partial charge on any atom is -0.493 e. The van der Waals surface area contributed by atoms with Crippen molar-refractivity contribution in [2.75, 3.05) is 17.7 Å². The molecule has 0 aromatic heterocycles. The second-order valence-corrected chi connectivity index (χ2v) is 5.66. The Bertz CT molecular complexity index is 923. The fourth-order valence-electron chi connectivity index (χ4n) is 3.00. The van der Waals surface area contributed by atoms with Gasteiger partial charge in [0.1, 0.15) is 5.69 Å². The number of guanidine groups is 2. The van der Waals surface area contributed by atoms with Crippen LogP contribution in [0, 0.1) is 0 Å². The van der Waals surface area contributed by atoms with Crippen molar-refractivity contribution in [3.05, 3.63) is 54.1 Å². The Labute approximate surface area is 143 Å². The summed E-state index contributed by atoms with van der Waals surface area (Å²) in [5.74, 6) is 0.925. The number of nitrogens with zero attached hydrogens (tertiary/aromatic N) is 1. The zero-order valence-corrected chi connectivity index (χ0v) is 13.5. The number of methoxy groups -OCH3 is 1. The highest BCUT2D eigenvalue weighted by Crippen LogP contribution is 2.34. The number of fused-ring (bicyclic) bond motifs is 2. The summed E-state index contributed by atoms with van der Waals surface area (Å²) in [5, 5.41) is 8.90. The first-order chi connectivity index (χ1) is 12.1. The van der Waals surface area contributed by atoms with Gasteiger partial charge in [0.15, 0.2) is 5.75 Å². The number of carbonyl (C=O) groups excluding carboxylic acids is 1. The molecule has 6 N–H and O–H groups in total. The second kappa shape index (κ2) is 5.52. The van der Waals surface area contributed by atoms with Crippen LogP contribution in [-0.2, 0) is 10.5 Å². The summed E-state index contributed by atoms with van der Waals surface area (Å²) in [7, 11) is 1.59. The molecule has 2 aromatic rings. The molecule has 2 aliphatic heterocycles. The monoisotopic (exact) mass is 337 g/mol. The molecule has 4 rings (SSSR count). The van der Waals surface area contributed by atoms with Crippen molar-refractivity contribution in [3.63, 3.8) is 0 Å². The minimum atomic E-state index is -1.31. The van der Waals surface area contributed by atoms with E-state index in [4.69, 9.17) is 10.5 Å². The first kappa shape index (κ1) is 15.0. The lowest BCUT2D eigenvalue weighted by Crippen LogP contribution is -2.92. The number of amides is 1. The molecule has 0 radical (unpaired) electrons. The Hall–Kier alpha value is -3.55. The number of nitrogens with one attached hydrogen (secondary N) is 4. The van der Waals surface area contributed by atoms with Crippen molar-refractivity contribution in [1.29, 1.82) is 0 Å². The van der Waals surface area contributed by atoms with Gasteiger partial charge in [-0.3, -0.25) is 4.79 Å². The zero-order chi connectivity index (χ0) is 17.4. The van der Waals surface area contributed by atoms with Gasteiger partial charge in [0, 0.05) is 5.56 Å². The highest BCUT2D eigenvalue weighted by molar-refractivity contribution is 6.10. The molecule has 2 aliphatic rings. The largest absolute Gasteiger partial charge is 0.493 e. The average molecular weight is 337 g/mol. The Morgan fingerprint density at radius 1 is 1.16 bits per heavy atom. The zero-order valence-electron chi connectivity index (χ0n) is 13.5. The van der Waals surface area contributed by atoms with E-state index in [1.54, 1.807) is 7.11 Å². The number of carbonyl (C=O) groups is 1. The third kappa shape index (κ3) is 2.35. The highest BCUT2D eigenvalue weighted by atomic mass is 16.5. The molecule has 1 atom stereocenters. The fourth-order valence-corrected chi connectivity index (χ4v) is 3.00. The minimum absolute atomic E-state index is 0.128. The van der Waals surface area contributed by atoms with Crippen LogP contribution in [0.1, 0.15) is 5.56 Å². The first-order valence-corrected chi connectivity index (χ1v) is 7.71. The molecular weight excluding hydrogens is 320 g/mol. The number of benzene rings is 2. The molecule has 8 heteroatoms. The van der Waals surface area contributed by atoms with E-state index >= 15 is 0 Å².